The van der Waals surface area contributed by atoms with E-state index < -0.39 is 11.8 Å². The number of carbonyl (C=O) groups is 2. The number of nitrogens with zero attached hydrogens (tertiary/aromatic N) is 2. The van der Waals surface area contributed by atoms with Gasteiger partial charge in [-0.1, -0.05) is 17.3 Å². The molecule has 23 heavy (non-hydrogen) atoms. The van der Waals surface area contributed by atoms with Gasteiger partial charge in [-0.15, -0.1) is 0 Å². The van der Waals surface area contributed by atoms with E-state index in [4.69, 9.17) is 4.52 Å². The fraction of sp³-hybridized carbons (Fsp3) is 0.312. The average Bonchev–Trinajstić information content (AvgIpc) is 2.92. The summed E-state index contributed by atoms with van der Waals surface area (Å²) >= 11 is 0. The molecule has 0 saturated carbocycles. The number of anilines is 2. The van der Waals surface area contributed by atoms with Crippen LogP contribution in [0.25, 0.3) is 0 Å². The maximum absolute atomic E-state index is 11.7. The zero-order valence-corrected chi connectivity index (χ0v) is 13.4. The molecule has 122 valence electrons. The molecule has 0 aliphatic heterocycles. The zero-order chi connectivity index (χ0) is 16.8. The summed E-state index contributed by atoms with van der Waals surface area (Å²) in [6, 6.07) is 9.56. The molecule has 0 bridgehead atoms. The van der Waals surface area contributed by atoms with E-state index in [0.717, 1.165) is 11.3 Å². The third-order valence-electron chi connectivity index (χ3n) is 3.23. The fourth-order valence-corrected chi connectivity index (χ4v) is 1.96. The van der Waals surface area contributed by atoms with Crippen molar-refractivity contribution in [1.82, 2.24) is 10.5 Å². The lowest BCUT2D eigenvalue weighted by atomic mass is 10.1. The molecule has 7 heteroatoms. The van der Waals surface area contributed by atoms with Crippen molar-refractivity contribution in [3.8, 4) is 0 Å². The van der Waals surface area contributed by atoms with Crippen molar-refractivity contribution >= 4 is 23.3 Å². The van der Waals surface area contributed by atoms with Crippen LogP contribution in [-0.4, -0.2) is 37.6 Å². The smallest absolute Gasteiger partial charge is 0.314 e. The molecule has 1 aromatic carbocycles. The lowest BCUT2D eigenvalue weighted by Gasteiger charge is -2.12. The second-order valence-corrected chi connectivity index (χ2v) is 5.34. The molecule has 0 fully saturated rings. The summed E-state index contributed by atoms with van der Waals surface area (Å²) in [5.74, 6) is -0.680. The number of aryl methyl sites for hydroxylation is 1. The van der Waals surface area contributed by atoms with Crippen LogP contribution in [0.15, 0.2) is 34.9 Å². The Kier molecular flexibility index (Phi) is 5.35. The van der Waals surface area contributed by atoms with Crippen LogP contribution in [0.3, 0.4) is 0 Å². The summed E-state index contributed by atoms with van der Waals surface area (Å²) in [5, 5.41) is 8.54. The van der Waals surface area contributed by atoms with E-state index in [1.807, 2.05) is 43.3 Å². The molecule has 0 aliphatic rings. The molecular formula is C16H20N4O3. The summed E-state index contributed by atoms with van der Waals surface area (Å²) in [6.07, 6.45) is 0.649. The summed E-state index contributed by atoms with van der Waals surface area (Å²) in [5.41, 5.74) is 2.20. The van der Waals surface area contributed by atoms with Gasteiger partial charge in [0.2, 0.25) is 0 Å². The average molecular weight is 316 g/mol. The fourth-order valence-electron chi connectivity index (χ4n) is 1.96. The molecule has 2 rings (SSSR count). The monoisotopic (exact) mass is 316 g/mol. The van der Waals surface area contributed by atoms with Gasteiger partial charge in [-0.05, 0) is 31.0 Å². The van der Waals surface area contributed by atoms with Crippen LogP contribution in [0.2, 0.25) is 0 Å². The Bertz CT molecular complexity index is 677. The van der Waals surface area contributed by atoms with Crippen LogP contribution < -0.4 is 15.5 Å². The van der Waals surface area contributed by atoms with Gasteiger partial charge in [0.1, 0.15) is 5.76 Å². The van der Waals surface area contributed by atoms with Gasteiger partial charge in [0, 0.05) is 32.4 Å². The van der Waals surface area contributed by atoms with Crippen LogP contribution in [0.1, 0.15) is 11.3 Å². The van der Waals surface area contributed by atoms with Crippen molar-refractivity contribution in [3.63, 3.8) is 0 Å². The van der Waals surface area contributed by atoms with Gasteiger partial charge in [-0.3, -0.25) is 14.9 Å². The highest BCUT2D eigenvalue weighted by Crippen LogP contribution is 2.12. The van der Waals surface area contributed by atoms with Crippen molar-refractivity contribution in [1.29, 1.82) is 0 Å². The number of hydrogen-bond donors (Lipinski definition) is 2. The molecule has 1 heterocycles. The summed E-state index contributed by atoms with van der Waals surface area (Å²) in [4.78, 5) is 25.4. The molecule has 0 saturated heterocycles. The first-order valence-corrected chi connectivity index (χ1v) is 7.24. The number of carbonyl (C=O) groups excluding carboxylic acids is 2. The SMILES string of the molecule is Cc1cc(NC(=O)C(=O)NCCc2ccc(N(C)C)cc2)no1. The molecule has 0 atom stereocenters. The third kappa shape index (κ3) is 4.84. The second-order valence-electron chi connectivity index (χ2n) is 5.34. The first-order chi connectivity index (χ1) is 11.0. The Balaban J connectivity index is 1.76. The van der Waals surface area contributed by atoms with E-state index in [2.05, 4.69) is 15.8 Å². The van der Waals surface area contributed by atoms with E-state index in [9.17, 15) is 9.59 Å². The molecule has 0 unspecified atom stereocenters. The summed E-state index contributed by atoms with van der Waals surface area (Å²) < 4.78 is 4.81. The molecule has 2 N–H and O–H groups in total. The van der Waals surface area contributed by atoms with E-state index in [0.29, 0.717) is 18.7 Å². The molecular weight excluding hydrogens is 296 g/mol. The Hall–Kier alpha value is -2.83. The highest BCUT2D eigenvalue weighted by atomic mass is 16.5. The minimum absolute atomic E-state index is 0.224. The first-order valence-electron chi connectivity index (χ1n) is 7.24. The molecule has 0 aliphatic carbocycles. The van der Waals surface area contributed by atoms with Crippen molar-refractivity contribution in [2.45, 2.75) is 13.3 Å². The first kappa shape index (κ1) is 16.5. The molecule has 2 aromatic rings. The number of nitrogens with one attached hydrogen (secondary N) is 2. The summed E-state index contributed by atoms with van der Waals surface area (Å²) in [6.45, 7) is 2.08. The van der Waals surface area contributed by atoms with Gasteiger partial charge in [0.15, 0.2) is 5.82 Å². The minimum atomic E-state index is -0.763. The van der Waals surface area contributed by atoms with Crippen LogP contribution >= 0.6 is 0 Å². The highest BCUT2D eigenvalue weighted by molar-refractivity contribution is 6.39. The Morgan fingerprint density at radius 2 is 1.87 bits per heavy atom. The Morgan fingerprint density at radius 3 is 2.43 bits per heavy atom. The standard InChI is InChI=1S/C16H20N4O3/c1-11-10-14(19-23-11)18-16(22)15(21)17-9-8-12-4-6-13(7-5-12)20(2)3/h4-7,10H,8-9H2,1-3H3,(H,17,21)(H,18,19,22). The van der Waals surface area contributed by atoms with Crippen molar-refractivity contribution in [3.05, 3.63) is 41.7 Å². The van der Waals surface area contributed by atoms with Gasteiger partial charge in [-0.25, -0.2) is 0 Å². The third-order valence-corrected chi connectivity index (χ3v) is 3.23. The minimum Gasteiger partial charge on any atom is -0.378 e. The van der Waals surface area contributed by atoms with Crippen LogP contribution in [0, 0.1) is 6.92 Å². The number of amides is 2. The Morgan fingerprint density at radius 1 is 1.17 bits per heavy atom. The molecule has 7 nitrogen and oxygen atoms in total. The summed E-state index contributed by atoms with van der Waals surface area (Å²) in [7, 11) is 3.95. The normalized spacial score (nSPS) is 10.2. The van der Waals surface area contributed by atoms with E-state index in [1.165, 1.54) is 6.07 Å². The van der Waals surface area contributed by atoms with Crippen LogP contribution in [-0.2, 0) is 16.0 Å². The van der Waals surface area contributed by atoms with Gasteiger partial charge in [0.05, 0.1) is 0 Å². The van der Waals surface area contributed by atoms with E-state index in [-0.39, 0.29) is 5.82 Å². The lowest BCUT2D eigenvalue weighted by Crippen LogP contribution is -2.36. The molecule has 0 radical (unpaired) electrons. The highest BCUT2D eigenvalue weighted by Gasteiger charge is 2.14. The van der Waals surface area contributed by atoms with Gasteiger partial charge >= 0.3 is 11.8 Å². The van der Waals surface area contributed by atoms with E-state index >= 15 is 0 Å². The van der Waals surface area contributed by atoms with Crippen LogP contribution in [0.4, 0.5) is 11.5 Å². The Labute approximate surface area is 134 Å². The van der Waals surface area contributed by atoms with Crippen molar-refractivity contribution in [2.24, 2.45) is 0 Å². The van der Waals surface area contributed by atoms with Crippen molar-refractivity contribution < 1.29 is 14.1 Å². The molecule has 1 aromatic heterocycles. The van der Waals surface area contributed by atoms with Gasteiger partial charge in [-0.2, -0.15) is 0 Å². The largest absolute Gasteiger partial charge is 0.378 e. The zero-order valence-electron chi connectivity index (χ0n) is 13.4. The number of hydrogen-bond acceptors (Lipinski definition) is 5. The maximum atomic E-state index is 11.7. The van der Waals surface area contributed by atoms with Gasteiger partial charge in [0.25, 0.3) is 0 Å². The van der Waals surface area contributed by atoms with Crippen molar-refractivity contribution in [2.75, 3.05) is 30.9 Å². The number of benzene rings is 1. The molecule has 2 amide bonds. The number of aromatic nitrogens is 1. The maximum Gasteiger partial charge on any atom is 0.314 e. The van der Waals surface area contributed by atoms with Crippen LogP contribution in [0.5, 0.6) is 0 Å². The quantitative estimate of drug-likeness (QED) is 0.813. The van der Waals surface area contributed by atoms with Gasteiger partial charge < -0.3 is 14.7 Å². The second kappa shape index (κ2) is 7.44. The predicted octanol–water partition coefficient (Wildman–Crippen LogP) is 1.35. The lowest BCUT2D eigenvalue weighted by molar-refractivity contribution is -0.136. The van der Waals surface area contributed by atoms with E-state index in [1.54, 1.807) is 6.92 Å². The molecule has 0 spiro atoms. The number of rotatable bonds is 5. The predicted molar refractivity (Wildman–Crippen MR) is 87.4 cm³/mol. The topological polar surface area (TPSA) is 87.5 Å².